The molecule has 0 fully saturated rings. The number of benzene rings is 4. The molecule has 0 aromatic heterocycles. The Kier molecular flexibility index (Phi) is 7.01. The molecule has 0 aliphatic heterocycles. The summed E-state index contributed by atoms with van der Waals surface area (Å²) >= 11 is 0. The predicted octanol–water partition coefficient (Wildman–Crippen LogP) is 10.4. The van der Waals surface area contributed by atoms with Gasteiger partial charge in [-0.25, -0.2) is 0 Å². The average molecular weight is 573 g/mol. The van der Waals surface area contributed by atoms with Crippen LogP contribution >= 0.6 is 0 Å². The van der Waals surface area contributed by atoms with Crippen LogP contribution in [0.4, 0.5) is 11.4 Å². The Hall–Kier alpha value is -3.52. The molecule has 4 aromatic carbocycles. The van der Waals surface area contributed by atoms with Gasteiger partial charge in [0.1, 0.15) is 0 Å². The Bertz CT molecular complexity index is 1510. The zero-order chi connectivity index (χ0) is 31.9. The molecule has 2 nitrogen and oxygen atoms in total. The first-order valence-corrected chi connectivity index (χ1v) is 15.8. The molecule has 0 saturated carbocycles. The molecule has 0 saturated heterocycles. The van der Waals surface area contributed by atoms with Gasteiger partial charge in [0.15, 0.2) is 0 Å². The van der Waals surface area contributed by atoms with Crippen molar-refractivity contribution < 1.29 is 0 Å². The molecule has 5 rings (SSSR count). The lowest BCUT2D eigenvalue weighted by Gasteiger charge is -2.39. The number of rotatable bonds is 2. The summed E-state index contributed by atoms with van der Waals surface area (Å²) < 4.78 is 0. The molecule has 4 aromatic rings. The minimum atomic E-state index is -0.547. The van der Waals surface area contributed by atoms with Crippen LogP contribution < -0.4 is 11.5 Å². The number of hydrogen-bond acceptors (Lipinski definition) is 2. The maximum absolute atomic E-state index is 7.06. The van der Waals surface area contributed by atoms with Crippen molar-refractivity contribution in [1.82, 2.24) is 0 Å². The van der Waals surface area contributed by atoms with E-state index in [0.717, 1.165) is 11.4 Å². The summed E-state index contributed by atoms with van der Waals surface area (Å²) in [4.78, 5) is 0. The summed E-state index contributed by atoms with van der Waals surface area (Å²) in [6.45, 7) is 27.3. The van der Waals surface area contributed by atoms with Gasteiger partial charge in [0.2, 0.25) is 0 Å². The molecule has 1 aliphatic rings. The molecule has 0 spiro atoms. The van der Waals surface area contributed by atoms with Gasteiger partial charge in [0.05, 0.1) is 5.41 Å². The fourth-order valence-electron chi connectivity index (χ4n) is 7.25. The zero-order valence-corrected chi connectivity index (χ0v) is 28.6. The molecule has 4 N–H and O–H groups in total. The fraction of sp³-hybridized carbons (Fsp3) is 0.415. The molecule has 2 heteroatoms. The maximum atomic E-state index is 7.06. The smallest absolute Gasteiger partial charge is 0.0714 e. The van der Waals surface area contributed by atoms with E-state index in [2.05, 4.69) is 156 Å². The Morgan fingerprint density at radius 2 is 0.674 bits per heavy atom. The molecule has 43 heavy (non-hydrogen) atoms. The van der Waals surface area contributed by atoms with Crippen molar-refractivity contribution in [3.63, 3.8) is 0 Å². The van der Waals surface area contributed by atoms with Gasteiger partial charge in [0, 0.05) is 11.4 Å². The number of nitrogen functional groups attached to an aromatic ring is 2. The van der Waals surface area contributed by atoms with E-state index >= 15 is 0 Å². The summed E-state index contributed by atoms with van der Waals surface area (Å²) in [5.41, 5.74) is 27.3. The normalized spacial score (nSPS) is 14.9. The van der Waals surface area contributed by atoms with Crippen LogP contribution in [0.5, 0.6) is 0 Å². The van der Waals surface area contributed by atoms with Crippen LogP contribution in [0, 0.1) is 0 Å². The van der Waals surface area contributed by atoms with Crippen molar-refractivity contribution in [2.24, 2.45) is 0 Å². The van der Waals surface area contributed by atoms with Gasteiger partial charge in [-0.3, -0.25) is 0 Å². The molecule has 0 radical (unpaired) electrons. The van der Waals surface area contributed by atoms with E-state index in [0.29, 0.717) is 0 Å². The lowest BCUT2D eigenvalue weighted by Crippen LogP contribution is -2.32. The quantitative estimate of drug-likeness (QED) is 0.207. The molecule has 0 unspecified atom stereocenters. The molecule has 1 aliphatic carbocycles. The van der Waals surface area contributed by atoms with Crippen molar-refractivity contribution in [1.29, 1.82) is 0 Å². The third-order valence-corrected chi connectivity index (χ3v) is 9.41. The highest BCUT2D eigenvalue weighted by atomic mass is 14.6. The van der Waals surface area contributed by atoms with E-state index in [9.17, 15) is 0 Å². The van der Waals surface area contributed by atoms with Gasteiger partial charge < -0.3 is 11.5 Å². The molecule has 0 atom stereocenters. The second-order valence-corrected chi connectivity index (χ2v) is 16.8. The summed E-state index contributed by atoms with van der Waals surface area (Å²) in [6, 6.07) is 27.6. The third-order valence-electron chi connectivity index (χ3n) is 9.41. The average Bonchev–Trinajstić information content (AvgIpc) is 3.18. The minimum Gasteiger partial charge on any atom is -0.398 e. The highest BCUT2D eigenvalue weighted by molar-refractivity contribution is 5.87. The molecule has 0 amide bonds. The predicted molar refractivity (Wildman–Crippen MR) is 187 cm³/mol. The molecular weight excluding hydrogens is 520 g/mol. The van der Waals surface area contributed by atoms with Crippen LogP contribution in [-0.4, -0.2) is 0 Å². The first-order chi connectivity index (χ1) is 19.7. The van der Waals surface area contributed by atoms with Crippen LogP contribution in [0.2, 0.25) is 0 Å². The fourth-order valence-corrected chi connectivity index (χ4v) is 7.25. The third kappa shape index (κ3) is 4.88. The van der Waals surface area contributed by atoms with Crippen LogP contribution in [0.1, 0.15) is 128 Å². The van der Waals surface area contributed by atoms with Gasteiger partial charge in [-0.05, 0) is 77.3 Å². The van der Waals surface area contributed by atoms with Crippen molar-refractivity contribution >= 4 is 11.4 Å². The second kappa shape index (κ2) is 9.74. The van der Waals surface area contributed by atoms with Gasteiger partial charge in [-0.2, -0.15) is 0 Å². The number of nitrogens with two attached hydrogens (primary N) is 2. The minimum absolute atomic E-state index is 0.132. The highest BCUT2D eigenvalue weighted by Crippen LogP contribution is 2.58. The van der Waals surface area contributed by atoms with E-state index in [1.54, 1.807) is 0 Å². The number of anilines is 2. The molecule has 0 bridgehead atoms. The summed E-state index contributed by atoms with van der Waals surface area (Å²) in [6.07, 6.45) is 0. The van der Waals surface area contributed by atoms with Crippen molar-refractivity contribution in [2.45, 2.75) is 110 Å². The Balaban J connectivity index is 2.08. The van der Waals surface area contributed by atoms with E-state index in [1.807, 2.05) is 0 Å². The number of fused-ring (bicyclic) bond motifs is 3. The van der Waals surface area contributed by atoms with Crippen molar-refractivity contribution in [3.05, 3.63) is 117 Å². The first kappa shape index (κ1) is 30.9. The maximum Gasteiger partial charge on any atom is 0.0714 e. The first-order valence-electron chi connectivity index (χ1n) is 15.8. The largest absolute Gasteiger partial charge is 0.398 e. The van der Waals surface area contributed by atoms with Crippen molar-refractivity contribution in [3.8, 4) is 11.1 Å². The summed E-state index contributed by atoms with van der Waals surface area (Å²) in [5.74, 6) is 0. The van der Waals surface area contributed by atoms with Gasteiger partial charge in [0.25, 0.3) is 0 Å². The van der Waals surface area contributed by atoms with Gasteiger partial charge >= 0.3 is 0 Å². The molecule has 0 heterocycles. The van der Waals surface area contributed by atoms with Crippen LogP contribution in [0.25, 0.3) is 11.1 Å². The van der Waals surface area contributed by atoms with Gasteiger partial charge in [-0.1, -0.05) is 156 Å². The second-order valence-electron chi connectivity index (χ2n) is 16.8. The molecular formula is C41H52N2. The SMILES string of the molecule is CC(C)(C)c1cc(C2(c3cc(C(C)(C)C)c(N)c(C(C)(C)C)c3)c3ccccc3-c3ccccc32)cc(C(C)(C)C)c1N. The lowest BCUT2D eigenvalue weighted by atomic mass is 9.63. The lowest BCUT2D eigenvalue weighted by molar-refractivity contribution is 0.564. The summed E-state index contributed by atoms with van der Waals surface area (Å²) in [5, 5.41) is 0. The number of hydrogen-bond donors (Lipinski definition) is 2. The Labute approximate surface area is 260 Å². The van der Waals surface area contributed by atoms with Crippen molar-refractivity contribution in [2.75, 3.05) is 11.5 Å². The van der Waals surface area contributed by atoms with E-state index in [1.165, 1.54) is 55.6 Å². The summed E-state index contributed by atoms with van der Waals surface area (Å²) in [7, 11) is 0. The molecule has 226 valence electrons. The van der Waals surface area contributed by atoms with E-state index < -0.39 is 5.41 Å². The van der Waals surface area contributed by atoms with Crippen LogP contribution in [0.15, 0.2) is 72.8 Å². The van der Waals surface area contributed by atoms with Crippen LogP contribution in [0.3, 0.4) is 0 Å². The van der Waals surface area contributed by atoms with E-state index in [-0.39, 0.29) is 21.7 Å². The Morgan fingerprint density at radius 1 is 0.419 bits per heavy atom. The topological polar surface area (TPSA) is 52.0 Å². The highest BCUT2D eigenvalue weighted by Gasteiger charge is 2.48. The standard InChI is InChI=1S/C41H52N2/c1-37(2,3)31-21-25(22-32(35(31)42)38(4,5)6)41(29-19-15-13-17-27(29)28-18-14-16-20-30(28)41)26-23-33(39(7,8)9)36(43)34(24-26)40(10,11)12/h13-24H,42-43H2,1-12H3. The van der Waals surface area contributed by atoms with Gasteiger partial charge in [-0.15, -0.1) is 0 Å². The monoisotopic (exact) mass is 572 g/mol. The Morgan fingerprint density at radius 3 is 0.930 bits per heavy atom. The van der Waals surface area contributed by atoms with Crippen LogP contribution in [-0.2, 0) is 27.1 Å². The van der Waals surface area contributed by atoms with E-state index in [4.69, 9.17) is 11.5 Å². The zero-order valence-electron chi connectivity index (χ0n) is 28.6.